The van der Waals surface area contributed by atoms with Gasteiger partial charge >= 0.3 is 0 Å². The van der Waals surface area contributed by atoms with Gasteiger partial charge in [-0.3, -0.25) is 0 Å². The van der Waals surface area contributed by atoms with Crippen LogP contribution in [-0.4, -0.2) is 3.79 Å². The fourth-order valence-corrected chi connectivity index (χ4v) is 1.11. The molecule has 0 saturated carbocycles. The lowest BCUT2D eigenvalue weighted by atomic mass is 10.5. The Labute approximate surface area is 67.7 Å². The van der Waals surface area contributed by atoms with Gasteiger partial charge in [0.1, 0.15) is 0 Å². The maximum Gasteiger partial charge on any atom is 0.300 e. The molecule has 0 N–H and O–H groups in total. The van der Waals surface area contributed by atoms with Gasteiger partial charge in [-0.15, -0.1) is 0 Å². The smallest absolute Gasteiger partial charge is 0.300 e. The largest absolute Gasteiger partial charge is 0.441 e. The van der Waals surface area contributed by atoms with Gasteiger partial charge in [0.15, 0.2) is 11.5 Å². The van der Waals surface area contributed by atoms with Gasteiger partial charge in [-0.1, -0.05) is 13.2 Å². The van der Waals surface area contributed by atoms with Crippen molar-refractivity contribution in [3.63, 3.8) is 0 Å². The van der Waals surface area contributed by atoms with Gasteiger partial charge < -0.3 is 9.47 Å². The maximum absolute atomic E-state index is 5.13. The van der Waals surface area contributed by atoms with Crippen LogP contribution < -0.4 is 0 Å². The Kier molecular flexibility index (Phi) is 1.46. The number of rotatable bonds is 0. The van der Waals surface area contributed by atoms with E-state index in [0.29, 0.717) is 11.5 Å². The standard InChI is InChI=1S/C6H7IO2/c1-4-5(2)9-6(3,7)8-4/h1-2H2,3H3. The molecule has 1 heterocycles. The molecule has 0 spiro atoms. The quantitative estimate of drug-likeness (QED) is 0.475. The third-order valence-corrected chi connectivity index (χ3v) is 1.36. The minimum absolute atomic E-state index is 0.520. The van der Waals surface area contributed by atoms with Crippen molar-refractivity contribution in [3.8, 4) is 0 Å². The second-order valence-electron chi connectivity index (χ2n) is 1.89. The number of hydrogen-bond donors (Lipinski definition) is 0. The maximum atomic E-state index is 5.13. The van der Waals surface area contributed by atoms with Gasteiger partial charge in [-0.05, 0) is 0 Å². The number of hydrogen-bond acceptors (Lipinski definition) is 2. The van der Waals surface area contributed by atoms with Crippen LogP contribution in [0.5, 0.6) is 0 Å². The first-order valence-electron chi connectivity index (χ1n) is 2.46. The Morgan fingerprint density at radius 2 is 1.67 bits per heavy atom. The molecular weight excluding hydrogens is 231 g/mol. The normalized spacial score (nSPS) is 23.3. The fourth-order valence-electron chi connectivity index (χ4n) is 0.575. The summed E-state index contributed by atoms with van der Waals surface area (Å²) in [7, 11) is 0. The molecule has 0 amide bonds. The van der Waals surface area contributed by atoms with Crippen molar-refractivity contribution in [2.75, 3.05) is 0 Å². The molecule has 2 nitrogen and oxygen atoms in total. The van der Waals surface area contributed by atoms with E-state index in [2.05, 4.69) is 13.2 Å². The van der Waals surface area contributed by atoms with Gasteiger partial charge in [0, 0.05) is 29.5 Å². The van der Waals surface area contributed by atoms with Crippen LogP contribution in [0.15, 0.2) is 24.7 Å². The highest BCUT2D eigenvalue weighted by Gasteiger charge is 2.33. The fraction of sp³-hybridized carbons (Fsp3) is 0.333. The van der Waals surface area contributed by atoms with Gasteiger partial charge in [-0.2, -0.15) is 0 Å². The van der Waals surface area contributed by atoms with Gasteiger partial charge in [0.2, 0.25) is 0 Å². The van der Waals surface area contributed by atoms with E-state index in [4.69, 9.17) is 9.47 Å². The summed E-state index contributed by atoms with van der Waals surface area (Å²) in [4.78, 5) is 0. The first-order valence-corrected chi connectivity index (χ1v) is 3.54. The molecule has 9 heavy (non-hydrogen) atoms. The molecule has 1 fully saturated rings. The zero-order chi connectivity index (χ0) is 7.07. The van der Waals surface area contributed by atoms with Crippen molar-refractivity contribution in [1.82, 2.24) is 0 Å². The molecule has 0 atom stereocenters. The molecule has 1 rings (SSSR count). The first-order chi connectivity index (χ1) is 4.01. The molecule has 50 valence electrons. The summed E-state index contributed by atoms with van der Waals surface area (Å²) >= 11 is 2.03. The molecule has 0 aromatic heterocycles. The predicted molar refractivity (Wildman–Crippen MR) is 42.9 cm³/mol. The molecule has 0 aliphatic carbocycles. The van der Waals surface area contributed by atoms with Gasteiger partial charge in [-0.25, -0.2) is 0 Å². The summed E-state index contributed by atoms with van der Waals surface area (Å²) < 4.78 is 9.67. The summed E-state index contributed by atoms with van der Waals surface area (Å²) in [6, 6.07) is 0. The Hall–Kier alpha value is -0.190. The highest BCUT2D eigenvalue weighted by Crippen LogP contribution is 2.36. The summed E-state index contributed by atoms with van der Waals surface area (Å²) in [6.07, 6.45) is 0. The number of halogens is 1. The van der Waals surface area contributed by atoms with E-state index in [1.807, 2.05) is 22.6 Å². The second-order valence-corrected chi connectivity index (χ2v) is 3.84. The van der Waals surface area contributed by atoms with E-state index in [-0.39, 0.29) is 0 Å². The minimum atomic E-state index is -0.591. The van der Waals surface area contributed by atoms with Crippen LogP contribution in [0.25, 0.3) is 0 Å². The van der Waals surface area contributed by atoms with E-state index >= 15 is 0 Å². The van der Waals surface area contributed by atoms with E-state index in [1.165, 1.54) is 0 Å². The zero-order valence-electron chi connectivity index (χ0n) is 5.11. The van der Waals surface area contributed by atoms with Crippen LogP contribution >= 0.6 is 22.6 Å². The summed E-state index contributed by atoms with van der Waals surface area (Å²) in [6.45, 7) is 8.96. The second kappa shape index (κ2) is 1.90. The highest BCUT2D eigenvalue weighted by molar-refractivity contribution is 14.1. The Morgan fingerprint density at radius 3 is 1.78 bits per heavy atom. The predicted octanol–water partition coefficient (Wildman–Crippen LogP) is 2.17. The monoisotopic (exact) mass is 238 g/mol. The molecule has 0 bridgehead atoms. The summed E-state index contributed by atoms with van der Waals surface area (Å²) in [5, 5.41) is 0. The van der Waals surface area contributed by atoms with Crippen molar-refractivity contribution in [2.45, 2.75) is 10.7 Å². The SMILES string of the molecule is C=C1OC(C)(I)OC1=C. The van der Waals surface area contributed by atoms with Crippen LogP contribution in [0.4, 0.5) is 0 Å². The van der Waals surface area contributed by atoms with Crippen molar-refractivity contribution in [1.29, 1.82) is 0 Å². The van der Waals surface area contributed by atoms with Crippen molar-refractivity contribution in [2.24, 2.45) is 0 Å². The average molecular weight is 238 g/mol. The third kappa shape index (κ3) is 1.38. The van der Waals surface area contributed by atoms with Crippen LogP contribution in [0.2, 0.25) is 0 Å². The zero-order valence-corrected chi connectivity index (χ0v) is 7.27. The van der Waals surface area contributed by atoms with E-state index in [9.17, 15) is 0 Å². The third-order valence-electron chi connectivity index (χ3n) is 0.922. The molecule has 3 heteroatoms. The summed E-state index contributed by atoms with van der Waals surface area (Å²) in [5.41, 5.74) is 0. The molecule has 0 radical (unpaired) electrons. The van der Waals surface area contributed by atoms with Crippen molar-refractivity contribution in [3.05, 3.63) is 24.7 Å². The molecule has 1 aliphatic heterocycles. The lowest BCUT2D eigenvalue weighted by molar-refractivity contribution is -0.0179. The molecule has 1 aliphatic rings. The topological polar surface area (TPSA) is 18.5 Å². The minimum Gasteiger partial charge on any atom is -0.441 e. The Bertz CT molecular complexity index is 154. The summed E-state index contributed by atoms with van der Waals surface area (Å²) in [5.74, 6) is 1.04. The molecule has 1 saturated heterocycles. The van der Waals surface area contributed by atoms with Crippen LogP contribution in [0.3, 0.4) is 0 Å². The van der Waals surface area contributed by atoms with Gasteiger partial charge in [0.05, 0.1) is 0 Å². The number of alkyl halides is 1. The molecule has 0 aromatic rings. The lowest BCUT2D eigenvalue weighted by Crippen LogP contribution is -2.13. The van der Waals surface area contributed by atoms with Crippen molar-refractivity contribution < 1.29 is 9.47 Å². The Morgan fingerprint density at radius 1 is 1.33 bits per heavy atom. The average Bonchev–Trinajstić information content (AvgIpc) is 1.79. The first kappa shape index (κ1) is 6.92. The highest BCUT2D eigenvalue weighted by atomic mass is 127. The van der Waals surface area contributed by atoms with Crippen molar-refractivity contribution >= 4 is 22.6 Å². The number of ether oxygens (including phenoxy) is 2. The Balaban J connectivity index is 2.76. The van der Waals surface area contributed by atoms with Gasteiger partial charge in [0.25, 0.3) is 3.79 Å². The van der Waals surface area contributed by atoms with Crippen LogP contribution in [0.1, 0.15) is 6.92 Å². The van der Waals surface area contributed by atoms with Crippen LogP contribution in [-0.2, 0) is 9.47 Å². The van der Waals surface area contributed by atoms with E-state index in [1.54, 1.807) is 6.92 Å². The van der Waals surface area contributed by atoms with Crippen LogP contribution in [0, 0.1) is 0 Å². The molecule has 0 aromatic carbocycles. The van der Waals surface area contributed by atoms with E-state index < -0.39 is 3.79 Å². The van der Waals surface area contributed by atoms with E-state index in [0.717, 1.165) is 0 Å². The molecular formula is C6H7IO2. The molecule has 0 unspecified atom stereocenters. The lowest BCUT2D eigenvalue weighted by Gasteiger charge is -2.12.